The number of benzene rings is 1. The van der Waals surface area contributed by atoms with Gasteiger partial charge < -0.3 is 5.11 Å². The second kappa shape index (κ2) is 3.22. The summed E-state index contributed by atoms with van der Waals surface area (Å²) in [6, 6.07) is 1.60. The topological polar surface area (TPSA) is 54.4 Å². The van der Waals surface area contributed by atoms with Crippen molar-refractivity contribution in [2.75, 3.05) is 0 Å². The van der Waals surface area contributed by atoms with Gasteiger partial charge in [-0.1, -0.05) is 15.9 Å². The zero-order valence-electron chi connectivity index (χ0n) is 5.96. The lowest BCUT2D eigenvalue weighted by atomic mass is 10.3. The number of phenolic OH excluding ortho intramolecular Hbond substituents is 1. The van der Waals surface area contributed by atoms with Gasteiger partial charge in [-0.2, -0.15) is 8.42 Å². The lowest BCUT2D eigenvalue weighted by Gasteiger charge is -2.01. The monoisotopic (exact) mass is 272 g/mol. The number of hydrogen-bond donors (Lipinski definition) is 1. The molecule has 0 heterocycles. The molecule has 0 saturated carbocycles. The minimum Gasteiger partial charge on any atom is -0.504 e. The van der Waals surface area contributed by atoms with Gasteiger partial charge in [0.2, 0.25) is 0 Å². The van der Waals surface area contributed by atoms with E-state index in [1.54, 1.807) is 0 Å². The van der Waals surface area contributed by atoms with E-state index in [2.05, 4.69) is 15.9 Å². The Morgan fingerprint density at radius 2 is 1.92 bits per heavy atom. The molecule has 0 aromatic heterocycles. The van der Waals surface area contributed by atoms with Gasteiger partial charge in [0.25, 0.3) is 0 Å². The van der Waals surface area contributed by atoms with Gasteiger partial charge in [0.15, 0.2) is 11.6 Å². The second-order valence-electron chi connectivity index (χ2n) is 2.17. The minimum absolute atomic E-state index is 0.0269. The molecular weight excluding hydrogens is 270 g/mol. The molecule has 0 bridgehead atoms. The highest BCUT2D eigenvalue weighted by atomic mass is 79.9. The van der Waals surface area contributed by atoms with Gasteiger partial charge in [-0.25, -0.2) is 4.39 Å². The van der Waals surface area contributed by atoms with Crippen LogP contribution in [0.25, 0.3) is 0 Å². The van der Waals surface area contributed by atoms with Crippen molar-refractivity contribution in [3.05, 3.63) is 22.4 Å². The summed E-state index contributed by atoms with van der Waals surface area (Å²) in [5, 5.41) is 8.84. The van der Waals surface area contributed by atoms with Crippen LogP contribution in [0.3, 0.4) is 0 Å². The zero-order valence-corrected chi connectivity index (χ0v) is 8.36. The molecule has 0 radical (unpaired) electrons. The van der Waals surface area contributed by atoms with Gasteiger partial charge >= 0.3 is 10.2 Å². The molecule has 0 spiro atoms. The van der Waals surface area contributed by atoms with E-state index in [1.165, 1.54) is 0 Å². The third kappa shape index (κ3) is 2.16. The predicted molar refractivity (Wildman–Crippen MR) is 44.1 cm³/mol. The van der Waals surface area contributed by atoms with Crippen LogP contribution in [0.1, 0.15) is 0 Å². The Labute approximate surface area is 81.3 Å². The summed E-state index contributed by atoms with van der Waals surface area (Å²) < 4.78 is 45.7. The van der Waals surface area contributed by atoms with Crippen molar-refractivity contribution in [3.63, 3.8) is 0 Å². The highest BCUT2D eigenvalue weighted by Crippen LogP contribution is 2.30. The summed E-state index contributed by atoms with van der Waals surface area (Å²) in [6.45, 7) is 0. The summed E-state index contributed by atoms with van der Waals surface area (Å²) >= 11 is 2.76. The Hall–Kier alpha value is -0.690. The van der Waals surface area contributed by atoms with Crippen LogP contribution in [0.2, 0.25) is 0 Å². The van der Waals surface area contributed by atoms with Gasteiger partial charge in [-0.3, -0.25) is 0 Å². The van der Waals surface area contributed by atoms with Gasteiger partial charge in [0.1, 0.15) is 4.90 Å². The fraction of sp³-hybridized carbons (Fsp3) is 0. The number of halogens is 3. The molecule has 72 valence electrons. The molecule has 0 fully saturated rings. The molecule has 0 saturated heterocycles. The molecule has 1 N–H and O–H groups in total. The molecule has 1 aromatic rings. The van der Waals surface area contributed by atoms with E-state index in [0.29, 0.717) is 0 Å². The van der Waals surface area contributed by atoms with Crippen LogP contribution in [0.4, 0.5) is 8.28 Å². The number of aromatic hydroxyl groups is 1. The zero-order chi connectivity index (χ0) is 10.2. The van der Waals surface area contributed by atoms with Crippen LogP contribution in [-0.4, -0.2) is 13.5 Å². The van der Waals surface area contributed by atoms with E-state index in [-0.39, 0.29) is 4.47 Å². The Bertz CT molecular complexity index is 443. The predicted octanol–water partition coefficient (Wildman–Crippen LogP) is 1.95. The van der Waals surface area contributed by atoms with E-state index in [4.69, 9.17) is 5.11 Å². The maximum Gasteiger partial charge on any atom is 0.335 e. The summed E-state index contributed by atoms with van der Waals surface area (Å²) in [6.07, 6.45) is 0. The third-order valence-corrected chi connectivity index (χ3v) is 2.55. The van der Waals surface area contributed by atoms with Crippen LogP contribution < -0.4 is 0 Å². The second-order valence-corrected chi connectivity index (χ2v) is 4.40. The minimum atomic E-state index is -5.10. The van der Waals surface area contributed by atoms with Crippen molar-refractivity contribution < 1.29 is 21.8 Å². The molecular formula is C6H3BrF2O3S. The summed E-state index contributed by atoms with van der Waals surface area (Å²) in [4.78, 5) is -1.08. The van der Waals surface area contributed by atoms with E-state index in [1.807, 2.05) is 0 Å². The molecule has 1 rings (SSSR count). The van der Waals surface area contributed by atoms with Crippen molar-refractivity contribution in [1.29, 1.82) is 0 Å². The van der Waals surface area contributed by atoms with Crippen molar-refractivity contribution in [3.8, 4) is 5.75 Å². The van der Waals surface area contributed by atoms with E-state index in [9.17, 15) is 16.7 Å². The average molecular weight is 273 g/mol. The Morgan fingerprint density at radius 3 is 2.38 bits per heavy atom. The highest BCUT2D eigenvalue weighted by Gasteiger charge is 2.21. The molecule has 0 aliphatic rings. The molecule has 0 aliphatic carbocycles. The number of rotatable bonds is 1. The molecule has 1 aromatic carbocycles. The molecule has 0 atom stereocenters. The standard InChI is InChI=1S/C6H3BrF2O3S/c7-3-1-4(8)6(10)5(2-3)13(9,11)12/h1-2,10H. The van der Waals surface area contributed by atoms with Crippen molar-refractivity contribution in [1.82, 2.24) is 0 Å². The SMILES string of the molecule is O=S(=O)(F)c1cc(Br)cc(F)c1O. The summed E-state index contributed by atoms with van der Waals surface area (Å²) in [7, 11) is -5.10. The van der Waals surface area contributed by atoms with Gasteiger partial charge in [-0.05, 0) is 12.1 Å². The van der Waals surface area contributed by atoms with E-state index < -0.39 is 26.7 Å². The average Bonchev–Trinajstić information content (AvgIpc) is 1.94. The van der Waals surface area contributed by atoms with Gasteiger partial charge in [-0.15, -0.1) is 3.89 Å². The van der Waals surface area contributed by atoms with E-state index in [0.717, 1.165) is 12.1 Å². The third-order valence-electron chi connectivity index (χ3n) is 1.26. The highest BCUT2D eigenvalue weighted by molar-refractivity contribution is 9.10. The maximum atomic E-state index is 12.7. The van der Waals surface area contributed by atoms with Crippen molar-refractivity contribution in [2.24, 2.45) is 0 Å². The Kier molecular flexibility index (Phi) is 2.58. The molecule has 13 heavy (non-hydrogen) atoms. The van der Waals surface area contributed by atoms with Crippen LogP contribution in [0, 0.1) is 5.82 Å². The van der Waals surface area contributed by atoms with Crippen LogP contribution >= 0.6 is 15.9 Å². The normalized spacial score (nSPS) is 11.6. The first-order valence-corrected chi connectivity index (χ1v) is 5.12. The fourth-order valence-electron chi connectivity index (χ4n) is 0.728. The Morgan fingerprint density at radius 1 is 1.38 bits per heavy atom. The van der Waals surface area contributed by atoms with Gasteiger partial charge in [0, 0.05) is 4.47 Å². The molecule has 3 nitrogen and oxygen atoms in total. The molecule has 7 heteroatoms. The Balaban J connectivity index is 3.56. The fourth-order valence-corrected chi connectivity index (χ4v) is 1.91. The lowest BCUT2D eigenvalue weighted by molar-refractivity contribution is 0.414. The maximum absolute atomic E-state index is 12.7. The first-order valence-electron chi connectivity index (χ1n) is 2.95. The smallest absolute Gasteiger partial charge is 0.335 e. The first kappa shape index (κ1) is 10.4. The van der Waals surface area contributed by atoms with Gasteiger partial charge in [0.05, 0.1) is 0 Å². The molecule has 0 unspecified atom stereocenters. The van der Waals surface area contributed by atoms with Crippen molar-refractivity contribution >= 4 is 26.2 Å². The lowest BCUT2D eigenvalue weighted by Crippen LogP contribution is -1.94. The summed E-state index contributed by atoms with van der Waals surface area (Å²) in [5.41, 5.74) is 0. The number of hydrogen-bond acceptors (Lipinski definition) is 3. The quantitative estimate of drug-likeness (QED) is 0.796. The largest absolute Gasteiger partial charge is 0.504 e. The van der Waals surface area contributed by atoms with Crippen LogP contribution in [-0.2, 0) is 10.2 Å². The van der Waals surface area contributed by atoms with E-state index >= 15 is 0 Å². The van der Waals surface area contributed by atoms with Crippen molar-refractivity contribution in [2.45, 2.75) is 4.90 Å². The summed E-state index contributed by atoms with van der Waals surface area (Å²) in [5.74, 6) is -2.42. The first-order chi connectivity index (χ1) is 5.82. The molecule has 0 aliphatic heterocycles. The van der Waals surface area contributed by atoms with Crippen LogP contribution in [0.15, 0.2) is 21.5 Å². The van der Waals surface area contributed by atoms with Crippen LogP contribution in [0.5, 0.6) is 5.75 Å². The number of phenols is 1. The molecule has 0 amide bonds.